The molecule has 0 saturated carbocycles. The second-order valence-electron chi connectivity index (χ2n) is 4.10. The first-order chi connectivity index (χ1) is 9.61. The van der Waals surface area contributed by atoms with Crippen molar-refractivity contribution in [2.75, 3.05) is 5.75 Å². The average molecular weight is 297 g/mol. The second kappa shape index (κ2) is 6.53. The number of thioether (sulfide) groups is 1. The second-order valence-corrected chi connectivity index (χ2v) is 5.04. The highest BCUT2D eigenvalue weighted by Gasteiger charge is 2.14. The Morgan fingerprint density at radius 3 is 2.80 bits per heavy atom. The van der Waals surface area contributed by atoms with Crippen LogP contribution in [0.15, 0.2) is 17.6 Å². The highest BCUT2D eigenvalue weighted by Crippen LogP contribution is 2.17. The molecule has 0 bridgehead atoms. The number of aryl methyl sites for hydroxylation is 2. The Kier molecular flexibility index (Phi) is 4.74. The van der Waals surface area contributed by atoms with Crippen LogP contribution in [0.2, 0.25) is 0 Å². The van der Waals surface area contributed by atoms with Crippen molar-refractivity contribution >= 4 is 17.7 Å². The van der Waals surface area contributed by atoms with E-state index in [9.17, 15) is 9.90 Å². The molecule has 0 fully saturated rings. The molecule has 0 unspecified atom stereocenters. The first kappa shape index (κ1) is 14.5. The zero-order valence-electron chi connectivity index (χ0n) is 10.9. The lowest BCUT2D eigenvalue weighted by Crippen LogP contribution is -2.11. The summed E-state index contributed by atoms with van der Waals surface area (Å²) < 4.78 is 3.63. The van der Waals surface area contributed by atoms with Gasteiger partial charge in [0, 0.05) is 32.4 Å². The fraction of sp³-hybridized carbons (Fsp3) is 0.455. The summed E-state index contributed by atoms with van der Waals surface area (Å²) in [6, 6.07) is 0. The number of hydrogen-bond acceptors (Lipinski definition) is 6. The molecule has 0 aromatic carbocycles. The van der Waals surface area contributed by atoms with Gasteiger partial charge >= 0.3 is 5.97 Å². The number of aliphatic hydroxyl groups is 1. The lowest BCUT2D eigenvalue weighted by molar-refractivity contribution is -0.133. The number of hydrogen-bond donors (Lipinski definition) is 2. The van der Waals surface area contributed by atoms with E-state index in [2.05, 4.69) is 15.2 Å². The minimum atomic E-state index is -0.917. The van der Waals surface area contributed by atoms with Gasteiger partial charge in [-0.2, -0.15) is 0 Å². The molecule has 0 aliphatic carbocycles. The predicted molar refractivity (Wildman–Crippen MR) is 71.2 cm³/mol. The number of aliphatic hydroxyl groups excluding tert-OH is 1. The van der Waals surface area contributed by atoms with E-state index in [1.165, 1.54) is 0 Å². The summed E-state index contributed by atoms with van der Waals surface area (Å²) in [5.74, 6) is 0.314. The van der Waals surface area contributed by atoms with Crippen LogP contribution in [0.1, 0.15) is 11.6 Å². The third kappa shape index (κ3) is 3.36. The number of carboxylic acid groups (broad SMARTS) is 1. The van der Waals surface area contributed by atoms with Crippen LogP contribution < -0.4 is 0 Å². The summed E-state index contributed by atoms with van der Waals surface area (Å²) in [5.41, 5.74) is 0. The molecule has 2 N–H and O–H groups in total. The molecular formula is C11H15N5O3S. The number of aromatic nitrogens is 5. The molecule has 0 amide bonds. The van der Waals surface area contributed by atoms with Gasteiger partial charge in [-0.1, -0.05) is 11.8 Å². The number of imidazole rings is 1. The summed E-state index contributed by atoms with van der Waals surface area (Å²) in [4.78, 5) is 14.8. The Balaban J connectivity index is 2.10. The minimum absolute atomic E-state index is 0.0913. The summed E-state index contributed by atoms with van der Waals surface area (Å²) >= 11 is 1.08. The Labute approximate surface area is 119 Å². The molecular weight excluding hydrogens is 282 g/mol. The maximum absolute atomic E-state index is 10.6. The largest absolute Gasteiger partial charge is 0.481 e. The van der Waals surface area contributed by atoms with Crippen LogP contribution in [-0.4, -0.2) is 46.3 Å². The third-order valence-corrected chi connectivity index (χ3v) is 3.69. The van der Waals surface area contributed by atoms with Crippen LogP contribution in [0, 0.1) is 0 Å². The summed E-state index contributed by atoms with van der Waals surface area (Å²) in [6.07, 6.45) is 4.22. The van der Waals surface area contributed by atoms with Gasteiger partial charge in [0.15, 0.2) is 11.0 Å². The number of carboxylic acids is 1. The van der Waals surface area contributed by atoms with E-state index in [1.807, 2.05) is 17.8 Å². The van der Waals surface area contributed by atoms with E-state index in [4.69, 9.17) is 5.11 Å². The van der Waals surface area contributed by atoms with Gasteiger partial charge in [-0.15, -0.1) is 10.2 Å². The molecule has 0 aliphatic heterocycles. The van der Waals surface area contributed by atoms with Gasteiger partial charge in [-0.25, -0.2) is 4.98 Å². The maximum Gasteiger partial charge on any atom is 0.313 e. The molecule has 2 aromatic heterocycles. The highest BCUT2D eigenvalue weighted by atomic mass is 32.2. The van der Waals surface area contributed by atoms with E-state index < -0.39 is 5.97 Å². The number of nitrogens with zero attached hydrogens (tertiary/aromatic N) is 5. The molecule has 20 heavy (non-hydrogen) atoms. The van der Waals surface area contributed by atoms with Crippen molar-refractivity contribution in [1.29, 1.82) is 0 Å². The fourth-order valence-corrected chi connectivity index (χ4v) is 2.45. The van der Waals surface area contributed by atoms with Crippen LogP contribution >= 0.6 is 11.8 Å². The first-order valence-electron chi connectivity index (χ1n) is 5.95. The van der Waals surface area contributed by atoms with Gasteiger partial charge in [0.1, 0.15) is 12.4 Å². The number of carbonyl (C=O) groups is 1. The molecule has 9 heteroatoms. The smallest absolute Gasteiger partial charge is 0.313 e. The molecule has 0 radical (unpaired) electrons. The van der Waals surface area contributed by atoms with Crippen molar-refractivity contribution < 1.29 is 15.0 Å². The van der Waals surface area contributed by atoms with Gasteiger partial charge in [-0.3, -0.25) is 4.79 Å². The zero-order chi connectivity index (χ0) is 14.5. The van der Waals surface area contributed by atoms with Gasteiger partial charge in [0.25, 0.3) is 0 Å². The van der Waals surface area contributed by atoms with E-state index in [-0.39, 0.29) is 12.4 Å². The first-order valence-corrected chi connectivity index (χ1v) is 6.94. The molecule has 0 atom stereocenters. The normalized spacial score (nSPS) is 10.9. The van der Waals surface area contributed by atoms with Crippen molar-refractivity contribution in [3.8, 4) is 0 Å². The number of rotatable bonds is 7. The number of aliphatic carboxylic acids is 1. The van der Waals surface area contributed by atoms with Crippen molar-refractivity contribution in [2.24, 2.45) is 7.05 Å². The van der Waals surface area contributed by atoms with Crippen LogP contribution in [0.5, 0.6) is 0 Å². The van der Waals surface area contributed by atoms with Gasteiger partial charge in [0.2, 0.25) is 0 Å². The quantitative estimate of drug-likeness (QED) is 0.689. The highest BCUT2D eigenvalue weighted by molar-refractivity contribution is 7.99. The Morgan fingerprint density at radius 1 is 1.40 bits per heavy atom. The molecule has 2 heterocycles. The van der Waals surface area contributed by atoms with Crippen molar-refractivity contribution in [1.82, 2.24) is 24.3 Å². The van der Waals surface area contributed by atoms with E-state index in [0.717, 1.165) is 17.6 Å². The summed E-state index contributed by atoms with van der Waals surface area (Å²) in [6.45, 7) is 0.302. The monoisotopic (exact) mass is 297 g/mol. The SMILES string of the molecule is Cn1ccnc1CCn1c(CO)nnc1SCC(=O)O. The van der Waals surface area contributed by atoms with E-state index in [0.29, 0.717) is 23.9 Å². The van der Waals surface area contributed by atoms with Gasteiger partial charge in [0.05, 0.1) is 5.75 Å². The predicted octanol–water partition coefficient (Wildman–Crippen LogP) is -0.0767. The molecule has 2 rings (SSSR count). The Bertz CT molecular complexity index is 595. The summed E-state index contributed by atoms with van der Waals surface area (Å²) in [5, 5.41) is 26.2. The van der Waals surface area contributed by atoms with Gasteiger partial charge < -0.3 is 19.3 Å². The van der Waals surface area contributed by atoms with Crippen LogP contribution in [0.25, 0.3) is 0 Å². The summed E-state index contributed by atoms with van der Waals surface area (Å²) in [7, 11) is 1.90. The van der Waals surface area contributed by atoms with E-state index >= 15 is 0 Å². The zero-order valence-corrected chi connectivity index (χ0v) is 11.7. The Morgan fingerprint density at radius 2 is 2.20 bits per heavy atom. The minimum Gasteiger partial charge on any atom is -0.481 e. The molecule has 0 spiro atoms. The van der Waals surface area contributed by atoms with Crippen LogP contribution in [0.3, 0.4) is 0 Å². The average Bonchev–Trinajstić information content (AvgIpc) is 2.99. The molecule has 2 aromatic rings. The lowest BCUT2D eigenvalue weighted by atomic mass is 10.4. The third-order valence-electron chi connectivity index (χ3n) is 2.74. The molecule has 108 valence electrons. The van der Waals surface area contributed by atoms with Crippen molar-refractivity contribution in [3.63, 3.8) is 0 Å². The van der Waals surface area contributed by atoms with Crippen molar-refractivity contribution in [2.45, 2.75) is 24.7 Å². The molecule has 0 aliphatic rings. The maximum atomic E-state index is 10.6. The Hall–Kier alpha value is -1.87. The van der Waals surface area contributed by atoms with E-state index in [1.54, 1.807) is 10.8 Å². The lowest BCUT2D eigenvalue weighted by Gasteiger charge is -2.08. The van der Waals surface area contributed by atoms with Crippen molar-refractivity contribution in [3.05, 3.63) is 24.0 Å². The molecule has 0 saturated heterocycles. The topological polar surface area (TPSA) is 106 Å². The standard InChI is InChI=1S/C11H15N5O3S/c1-15-5-3-12-8(15)2-4-16-9(6-17)13-14-11(16)20-7-10(18)19/h3,5,17H,2,4,6-7H2,1H3,(H,18,19). The van der Waals surface area contributed by atoms with Crippen LogP contribution in [-0.2, 0) is 31.4 Å². The van der Waals surface area contributed by atoms with Gasteiger partial charge in [-0.05, 0) is 0 Å². The van der Waals surface area contributed by atoms with Crippen LogP contribution in [0.4, 0.5) is 0 Å². The molecule has 8 nitrogen and oxygen atoms in total. The fourth-order valence-electron chi connectivity index (χ4n) is 1.74.